The Labute approximate surface area is 205 Å². The van der Waals surface area contributed by atoms with E-state index in [-0.39, 0.29) is 31.8 Å². The third-order valence-corrected chi connectivity index (χ3v) is 5.88. The molecule has 2 N–H and O–H groups in total. The minimum Gasteiger partial charge on any atom is -0.491 e. The first-order valence-corrected chi connectivity index (χ1v) is 11.7. The lowest BCUT2D eigenvalue weighted by Gasteiger charge is -2.27. The van der Waals surface area contributed by atoms with Crippen molar-refractivity contribution < 1.29 is 24.4 Å². The summed E-state index contributed by atoms with van der Waals surface area (Å²) < 4.78 is 16.6. The van der Waals surface area contributed by atoms with Crippen molar-refractivity contribution in [1.82, 2.24) is 0 Å². The van der Waals surface area contributed by atoms with Crippen LogP contribution in [-0.2, 0) is 10.2 Å². The van der Waals surface area contributed by atoms with Gasteiger partial charge in [0.2, 0.25) is 0 Å². The molecular weight excluding hydrogens is 475 g/mol. The molecule has 32 heavy (non-hydrogen) atoms. The predicted molar refractivity (Wildman–Crippen MR) is 130 cm³/mol. The van der Waals surface area contributed by atoms with Crippen molar-refractivity contribution in [2.24, 2.45) is 0 Å². The van der Waals surface area contributed by atoms with Crippen LogP contribution in [0.3, 0.4) is 0 Å². The number of halogens is 3. The van der Waals surface area contributed by atoms with E-state index >= 15 is 0 Å². The number of hydrogen-bond acceptors (Lipinski definition) is 5. The number of alkyl halides is 1. The van der Waals surface area contributed by atoms with Gasteiger partial charge in [0.05, 0.1) is 28.6 Å². The Hall–Kier alpha value is -1.21. The van der Waals surface area contributed by atoms with Gasteiger partial charge in [0.15, 0.2) is 5.75 Å². The van der Waals surface area contributed by atoms with E-state index in [1.807, 2.05) is 50.2 Å². The zero-order valence-electron chi connectivity index (χ0n) is 18.8. The van der Waals surface area contributed by atoms with E-state index < -0.39 is 17.6 Å². The maximum atomic E-state index is 9.94. The molecule has 5 nitrogen and oxygen atoms in total. The van der Waals surface area contributed by atoms with Gasteiger partial charge in [-0.05, 0) is 49.2 Å². The third-order valence-electron chi connectivity index (χ3n) is 4.96. The van der Waals surface area contributed by atoms with Crippen LogP contribution in [0.1, 0.15) is 38.8 Å². The summed E-state index contributed by atoms with van der Waals surface area (Å²) in [7, 11) is 0. The van der Waals surface area contributed by atoms with Crippen LogP contribution in [-0.4, -0.2) is 54.2 Å². The lowest BCUT2D eigenvalue weighted by molar-refractivity contribution is -0.0122. The summed E-state index contributed by atoms with van der Waals surface area (Å²) >= 11 is 18.4. The van der Waals surface area contributed by atoms with Gasteiger partial charge >= 0.3 is 0 Å². The van der Waals surface area contributed by atoms with Crippen LogP contribution in [0, 0.1) is 0 Å². The third kappa shape index (κ3) is 7.68. The number of hydrogen-bond donors (Lipinski definition) is 2. The van der Waals surface area contributed by atoms with Gasteiger partial charge in [-0.2, -0.15) is 0 Å². The summed E-state index contributed by atoms with van der Waals surface area (Å²) in [6.45, 7) is 8.36. The summed E-state index contributed by atoms with van der Waals surface area (Å²) in [6, 6.07) is 11.3. The Morgan fingerprint density at radius 2 is 1.41 bits per heavy atom. The lowest BCUT2D eigenvalue weighted by atomic mass is 9.78. The molecule has 0 radical (unpaired) electrons. The van der Waals surface area contributed by atoms with Crippen molar-refractivity contribution in [3.8, 4) is 11.5 Å². The largest absolute Gasteiger partial charge is 0.491 e. The molecule has 2 aromatic carbocycles. The molecule has 2 rings (SSSR count). The van der Waals surface area contributed by atoms with E-state index in [1.165, 1.54) is 0 Å². The van der Waals surface area contributed by atoms with Crippen molar-refractivity contribution in [3.63, 3.8) is 0 Å². The van der Waals surface area contributed by atoms with Crippen molar-refractivity contribution >= 4 is 34.8 Å². The average molecular weight is 506 g/mol. The maximum absolute atomic E-state index is 9.94. The maximum Gasteiger partial charge on any atom is 0.156 e. The minimum absolute atomic E-state index is 0.00539. The Morgan fingerprint density at radius 1 is 0.844 bits per heavy atom. The molecule has 0 unspecified atom stereocenters. The van der Waals surface area contributed by atoms with Crippen LogP contribution in [0.15, 0.2) is 36.4 Å². The fourth-order valence-corrected chi connectivity index (χ4v) is 3.65. The van der Waals surface area contributed by atoms with Crippen LogP contribution in [0.4, 0.5) is 0 Å². The van der Waals surface area contributed by atoms with Gasteiger partial charge in [-0.15, -0.1) is 11.6 Å². The van der Waals surface area contributed by atoms with Gasteiger partial charge < -0.3 is 24.4 Å². The standard InChI is InChI=1S/C24H31Cl3O5/c1-15(2)30-13-19(29)14-31-20-7-5-16(6-8-20)24(3,4)17-9-21(26)23(22(27)10-17)32-12-18(28)11-25/h5-10,15,18-19,28-29H,11-14H2,1-4H3/t18-,19+/m1/s1. The van der Waals surface area contributed by atoms with Crippen LogP contribution < -0.4 is 9.47 Å². The molecule has 0 fully saturated rings. The number of aliphatic hydroxyl groups excluding tert-OH is 2. The van der Waals surface area contributed by atoms with Crippen LogP contribution in [0.5, 0.6) is 11.5 Å². The Kier molecular flexibility index (Phi) is 10.4. The Balaban J connectivity index is 2.09. The van der Waals surface area contributed by atoms with Gasteiger partial charge in [0, 0.05) is 5.41 Å². The second-order valence-corrected chi connectivity index (χ2v) is 9.51. The van der Waals surface area contributed by atoms with Crippen LogP contribution >= 0.6 is 34.8 Å². The van der Waals surface area contributed by atoms with Gasteiger partial charge in [-0.3, -0.25) is 0 Å². The monoisotopic (exact) mass is 504 g/mol. The highest BCUT2D eigenvalue weighted by atomic mass is 35.5. The smallest absolute Gasteiger partial charge is 0.156 e. The molecule has 0 amide bonds. The zero-order valence-corrected chi connectivity index (χ0v) is 21.0. The average Bonchev–Trinajstić information content (AvgIpc) is 2.75. The minimum atomic E-state index is -0.801. The number of rotatable bonds is 12. The van der Waals surface area contributed by atoms with Gasteiger partial charge in [-0.25, -0.2) is 0 Å². The molecule has 0 aliphatic heterocycles. The topological polar surface area (TPSA) is 68.2 Å². The molecule has 0 spiro atoms. The van der Waals surface area contributed by atoms with E-state index in [0.29, 0.717) is 21.5 Å². The summed E-state index contributed by atoms with van der Waals surface area (Å²) in [5, 5.41) is 20.3. The van der Waals surface area contributed by atoms with E-state index in [4.69, 9.17) is 49.0 Å². The van der Waals surface area contributed by atoms with Crippen molar-refractivity contribution in [2.45, 2.75) is 51.4 Å². The molecule has 0 bridgehead atoms. The number of aliphatic hydroxyl groups is 2. The van der Waals surface area contributed by atoms with Gasteiger partial charge in [-0.1, -0.05) is 49.2 Å². The molecular formula is C24H31Cl3O5. The Morgan fingerprint density at radius 3 is 1.94 bits per heavy atom. The van der Waals surface area contributed by atoms with Crippen LogP contribution in [0.25, 0.3) is 0 Å². The first-order valence-electron chi connectivity index (χ1n) is 10.4. The molecule has 2 aromatic rings. The fraction of sp³-hybridized carbons (Fsp3) is 0.500. The molecule has 178 valence electrons. The number of ether oxygens (including phenoxy) is 3. The molecule has 8 heteroatoms. The quantitative estimate of drug-likeness (QED) is 0.375. The summed E-state index contributed by atoms with van der Waals surface area (Å²) in [5.41, 5.74) is 1.55. The normalized spacial score (nSPS) is 13.8. The lowest BCUT2D eigenvalue weighted by Crippen LogP contribution is -2.25. The first kappa shape index (κ1) is 27.0. The van der Waals surface area contributed by atoms with Gasteiger partial charge in [0.25, 0.3) is 0 Å². The first-order chi connectivity index (χ1) is 15.0. The van der Waals surface area contributed by atoms with E-state index in [2.05, 4.69) is 13.8 Å². The second kappa shape index (κ2) is 12.3. The SMILES string of the molecule is CC(C)OC[C@H](O)COc1ccc(C(C)(C)c2cc(Cl)c(OC[C@H](O)CCl)c(Cl)c2)cc1. The molecule has 2 atom stereocenters. The molecule has 0 aliphatic carbocycles. The summed E-state index contributed by atoms with van der Waals surface area (Å²) in [5.74, 6) is 1.04. The molecule has 0 saturated carbocycles. The molecule has 0 aromatic heterocycles. The van der Waals surface area contributed by atoms with E-state index in [9.17, 15) is 10.2 Å². The highest BCUT2D eigenvalue weighted by Crippen LogP contribution is 2.40. The second-order valence-electron chi connectivity index (χ2n) is 8.38. The van der Waals surface area contributed by atoms with Crippen molar-refractivity contribution in [3.05, 3.63) is 57.6 Å². The molecule has 0 saturated heterocycles. The summed E-state index contributed by atoms with van der Waals surface area (Å²) in [6.07, 6.45) is -1.43. The Bertz CT molecular complexity index is 832. The van der Waals surface area contributed by atoms with Crippen molar-refractivity contribution in [1.29, 1.82) is 0 Å². The van der Waals surface area contributed by atoms with Crippen molar-refractivity contribution in [2.75, 3.05) is 25.7 Å². The zero-order chi connectivity index (χ0) is 23.9. The summed E-state index contributed by atoms with van der Waals surface area (Å²) in [4.78, 5) is 0. The highest BCUT2D eigenvalue weighted by Gasteiger charge is 2.26. The highest BCUT2D eigenvalue weighted by molar-refractivity contribution is 6.37. The van der Waals surface area contributed by atoms with Crippen LogP contribution in [0.2, 0.25) is 10.0 Å². The molecule has 0 aliphatic rings. The molecule has 0 heterocycles. The fourth-order valence-electron chi connectivity index (χ4n) is 2.96. The number of benzene rings is 2. The van der Waals surface area contributed by atoms with E-state index in [1.54, 1.807) is 0 Å². The van der Waals surface area contributed by atoms with Gasteiger partial charge in [0.1, 0.15) is 31.2 Å². The predicted octanol–water partition coefficient (Wildman–Crippen LogP) is 5.46. The van der Waals surface area contributed by atoms with E-state index in [0.717, 1.165) is 11.1 Å².